The van der Waals surface area contributed by atoms with Crippen LogP contribution in [0.25, 0.3) is 5.69 Å². The van der Waals surface area contributed by atoms with Gasteiger partial charge in [0, 0.05) is 19.7 Å². The van der Waals surface area contributed by atoms with E-state index in [0.29, 0.717) is 25.6 Å². The van der Waals surface area contributed by atoms with Crippen LogP contribution in [0.2, 0.25) is 0 Å². The fourth-order valence-corrected chi connectivity index (χ4v) is 2.41. The van der Waals surface area contributed by atoms with Gasteiger partial charge >= 0.3 is 0 Å². The van der Waals surface area contributed by atoms with Gasteiger partial charge in [-0.15, -0.1) is 0 Å². The molecule has 0 bridgehead atoms. The van der Waals surface area contributed by atoms with Crippen LogP contribution in [0.3, 0.4) is 0 Å². The number of β-amino-alcohol motifs (C(OH)–C–C–N with tert-alkyl or cyclic N) is 1. The third kappa shape index (κ3) is 2.37. The average molecular weight is 275 g/mol. The van der Waals surface area contributed by atoms with Gasteiger partial charge in [-0.05, 0) is 29.5 Å². The van der Waals surface area contributed by atoms with Crippen molar-refractivity contribution in [2.45, 2.75) is 19.1 Å². The van der Waals surface area contributed by atoms with E-state index in [1.54, 1.807) is 4.68 Å². The molecule has 0 radical (unpaired) electrons. The molecule has 2 atom stereocenters. The number of hydrogen-bond donors (Lipinski definition) is 1. The van der Waals surface area contributed by atoms with E-state index >= 15 is 0 Å². The maximum atomic E-state index is 10.0. The van der Waals surface area contributed by atoms with E-state index < -0.39 is 6.10 Å². The summed E-state index contributed by atoms with van der Waals surface area (Å²) in [6.45, 7) is 3.56. The molecule has 106 valence electrons. The Kier molecular flexibility index (Phi) is 3.62. The Balaban J connectivity index is 1.84. The molecule has 7 nitrogen and oxygen atoms in total. The van der Waals surface area contributed by atoms with Crippen LogP contribution in [0, 0.1) is 0 Å². The fraction of sp³-hybridized carbons (Fsp3) is 0.462. The number of hydrogen-bond acceptors (Lipinski definition) is 6. The quantitative estimate of drug-likeness (QED) is 0.862. The lowest BCUT2D eigenvalue weighted by Crippen LogP contribution is -2.27. The normalized spacial score (nSPS) is 22.4. The predicted octanol–water partition coefficient (Wildman–Crippen LogP) is 0.248. The molecule has 1 aromatic carbocycles. The van der Waals surface area contributed by atoms with Crippen LogP contribution >= 0.6 is 0 Å². The topological polar surface area (TPSA) is 76.3 Å². The molecule has 1 saturated heterocycles. The molecule has 7 heteroatoms. The van der Waals surface area contributed by atoms with Crippen molar-refractivity contribution in [3.05, 3.63) is 30.3 Å². The molecule has 2 heterocycles. The summed E-state index contributed by atoms with van der Waals surface area (Å²) < 4.78 is 7.19. The number of nitrogens with zero attached hydrogens (tertiary/aromatic N) is 5. The first-order valence-corrected chi connectivity index (χ1v) is 6.68. The highest BCUT2D eigenvalue weighted by molar-refractivity contribution is 5.41. The van der Waals surface area contributed by atoms with Crippen molar-refractivity contribution in [2.24, 2.45) is 0 Å². The molecule has 0 aliphatic carbocycles. The molecule has 1 fully saturated rings. The van der Waals surface area contributed by atoms with E-state index in [-0.39, 0.29) is 6.10 Å². The van der Waals surface area contributed by atoms with Gasteiger partial charge in [0.1, 0.15) is 6.10 Å². The lowest BCUT2D eigenvalue weighted by Gasteiger charge is -2.16. The zero-order valence-electron chi connectivity index (χ0n) is 11.3. The highest BCUT2D eigenvalue weighted by Crippen LogP contribution is 2.21. The summed E-state index contributed by atoms with van der Waals surface area (Å²) in [4.78, 5) is 1.94. The molecule has 1 aliphatic rings. The van der Waals surface area contributed by atoms with Crippen LogP contribution in [0.4, 0.5) is 5.95 Å². The smallest absolute Gasteiger partial charge is 0.250 e. The number of anilines is 1. The number of para-hydroxylation sites is 1. The van der Waals surface area contributed by atoms with Crippen molar-refractivity contribution in [1.82, 2.24) is 20.2 Å². The summed E-state index contributed by atoms with van der Waals surface area (Å²) in [5.74, 6) is 0.623. The van der Waals surface area contributed by atoms with Crippen molar-refractivity contribution in [3.63, 3.8) is 0 Å². The summed E-state index contributed by atoms with van der Waals surface area (Å²) >= 11 is 0. The van der Waals surface area contributed by atoms with Crippen LogP contribution in [-0.2, 0) is 4.74 Å². The third-order valence-electron chi connectivity index (χ3n) is 3.35. The molecule has 1 aromatic heterocycles. The van der Waals surface area contributed by atoms with E-state index in [2.05, 4.69) is 15.5 Å². The Bertz CT molecular complexity index is 559. The maximum Gasteiger partial charge on any atom is 0.250 e. The second kappa shape index (κ2) is 5.56. The lowest BCUT2D eigenvalue weighted by atomic mass is 10.3. The molecule has 2 aromatic rings. The minimum atomic E-state index is -0.518. The summed E-state index contributed by atoms with van der Waals surface area (Å²) in [6, 6.07) is 9.68. The second-order valence-electron chi connectivity index (χ2n) is 4.69. The van der Waals surface area contributed by atoms with E-state index in [4.69, 9.17) is 4.74 Å². The van der Waals surface area contributed by atoms with Gasteiger partial charge in [-0.2, -0.15) is 4.68 Å². The summed E-state index contributed by atoms with van der Waals surface area (Å²) in [5, 5.41) is 21.8. The zero-order valence-corrected chi connectivity index (χ0v) is 11.3. The van der Waals surface area contributed by atoms with Gasteiger partial charge in [-0.25, -0.2) is 0 Å². The van der Waals surface area contributed by atoms with E-state index in [0.717, 1.165) is 5.69 Å². The average Bonchev–Trinajstić information content (AvgIpc) is 3.08. The Morgan fingerprint density at radius 2 is 2.10 bits per heavy atom. The van der Waals surface area contributed by atoms with Crippen LogP contribution < -0.4 is 4.90 Å². The van der Waals surface area contributed by atoms with Gasteiger partial charge in [0.25, 0.3) is 5.95 Å². The van der Waals surface area contributed by atoms with Crippen LogP contribution in [0.1, 0.15) is 6.92 Å². The molecule has 1 N–H and O–H groups in total. The van der Waals surface area contributed by atoms with Crippen molar-refractivity contribution in [2.75, 3.05) is 24.6 Å². The highest BCUT2D eigenvalue weighted by atomic mass is 16.5. The molecule has 3 rings (SSSR count). The maximum absolute atomic E-state index is 10.0. The van der Waals surface area contributed by atoms with Crippen molar-refractivity contribution < 1.29 is 9.84 Å². The number of aliphatic hydroxyl groups excluding tert-OH is 1. The second-order valence-corrected chi connectivity index (χ2v) is 4.69. The SMILES string of the molecule is CCO[C@H]1CN(c2nnnn2-c2ccccc2)C[C@@H]1O. The Morgan fingerprint density at radius 3 is 2.85 bits per heavy atom. The molecule has 0 spiro atoms. The van der Waals surface area contributed by atoms with E-state index in [1.807, 2.05) is 42.2 Å². The zero-order chi connectivity index (χ0) is 13.9. The molecular formula is C13H17N5O2. The van der Waals surface area contributed by atoms with Crippen molar-refractivity contribution in [1.29, 1.82) is 0 Å². The molecule has 0 saturated carbocycles. The largest absolute Gasteiger partial charge is 0.388 e. The van der Waals surface area contributed by atoms with Crippen molar-refractivity contribution >= 4 is 5.95 Å². The van der Waals surface area contributed by atoms with Crippen LogP contribution in [0.5, 0.6) is 0 Å². The third-order valence-corrected chi connectivity index (χ3v) is 3.35. The first kappa shape index (κ1) is 13.0. The molecule has 1 aliphatic heterocycles. The molecule has 0 amide bonds. The Labute approximate surface area is 116 Å². The number of benzene rings is 1. The Hall–Kier alpha value is -1.99. The monoisotopic (exact) mass is 275 g/mol. The van der Waals surface area contributed by atoms with Gasteiger partial charge in [0.15, 0.2) is 0 Å². The van der Waals surface area contributed by atoms with Gasteiger partial charge in [-0.1, -0.05) is 23.3 Å². The first-order chi connectivity index (χ1) is 9.79. The number of rotatable bonds is 4. The molecule has 20 heavy (non-hydrogen) atoms. The fourth-order valence-electron chi connectivity index (χ4n) is 2.41. The number of aliphatic hydroxyl groups is 1. The van der Waals surface area contributed by atoms with Gasteiger partial charge < -0.3 is 14.7 Å². The predicted molar refractivity (Wildman–Crippen MR) is 72.8 cm³/mol. The van der Waals surface area contributed by atoms with E-state index in [9.17, 15) is 5.11 Å². The van der Waals surface area contributed by atoms with Gasteiger partial charge in [0.05, 0.1) is 11.8 Å². The number of ether oxygens (including phenoxy) is 1. The van der Waals surface area contributed by atoms with Crippen LogP contribution in [0.15, 0.2) is 30.3 Å². The summed E-state index contributed by atoms with van der Waals surface area (Å²) in [5.41, 5.74) is 0.891. The Morgan fingerprint density at radius 1 is 1.30 bits per heavy atom. The first-order valence-electron chi connectivity index (χ1n) is 6.68. The van der Waals surface area contributed by atoms with Crippen LogP contribution in [-0.4, -0.2) is 57.2 Å². The highest BCUT2D eigenvalue weighted by Gasteiger charge is 2.34. The lowest BCUT2D eigenvalue weighted by molar-refractivity contribution is -0.00189. The number of tetrazole rings is 1. The van der Waals surface area contributed by atoms with Crippen molar-refractivity contribution in [3.8, 4) is 5.69 Å². The minimum absolute atomic E-state index is 0.194. The minimum Gasteiger partial charge on any atom is -0.388 e. The molecule has 0 unspecified atom stereocenters. The summed E-state index contributed by atoms with van der Waals surface area (Å²) in [7, 11) is 0. The standard InChI is InChI=1S/C13H17N5O2/c1-2-20-12-9-17(8-11(12)19)13-14-15-16-18(13)10-6-4-3-5-7-10/h3-7,11-12,19H,2,8-9H2,1H3/t11-,12-/m0/s1. The number of aromatic nitrogens is 4. The molecular weight excluding hydrogens is 258 g/mol. The van der Waals surface area contributed by atoms with E-state index in [1.165, 1.54) is 0 Å². The van der Waals surface area contributed by atoms with Gasteiger partial charge in [-0.3, -0.25) is 0 Å². The van der Waals surface area contributed by atoms with Gasteiger partial charge in [0.2, 0.25) is 0 Å². The summed E-state index contributed by atoms with van der Waals surface area (Å²) in [6.07, 6.45) is -0.711.